The van der Waals surface area contributed by atoms with E-state index in [1.807, 2.05) is 24.3 Å². The van der Waals surface area contributed by atoms with Crippen molar-refractivity contribution in [2.45, 2.75) is 18.7 Å². The van der Waals surface area contributed by atoms with Gasteiger partial charge in [-0.1, -0.05) is 47.5 Å². The lowest BCUT2D eigenvalue weighted by Crippen LogP contribution is -2.53. The number of aliphatic hydroxyl groups excluding tert-OH is 1. The van der Waals surface area contributed by atoms with Crippen LogP contribution in [0.3, 0.4) is 0 Å². The maximum absolute atomic E-state index is 13.5. The fraction of sp³-hybridized carbons (Fsp3) is 0.333. The molecule has 9 heteroatoms. The zero-order chi connectivity index (χ0) is 25.4. The molecule has 188 valence electrons. The molecule has 0 aliphatic carbocycles. The van der Waals surface area contributed by atoms with Crippen LogP contribution in [0.5, 0.6) is 0 Å². The zero-order valence-corrected chi connectivity index (χ0v) is 21.1. The van der Waals surface area contributed by atoms with E-state index in [2.05, 4.69) is 9.80 Å². The minimum atomic E-state index is -1.12. The summed E-state index contributed by atoms with van der Waals surface area (Å²) in [6.45, 7) is 4.75. The normalized spacial score (nSPS) is 21.2. The summed E-state index contributed by atoms with van der Waals surface area (Å²) in [6.07, 6.45) is -0.672. The summed E-state index contributed by atoms with van der Waals surface area (Å²) >= 11 is 12.3. The van der Waals surface area contributed by atoms with Crippen molar-refractivity contribution in [3.63, 3.8) is 0 Å². The number of hydrogen-bond acceptors (Lipinski definition) is 5. The SMILES string of the molecule is O=C(O)c1cccc2c(Cl)ccc(C(=O)N3C[C@H](O)[C@@H](N4CCN(Cc5ccc(Cl)cc5)CC4)C3)c12. The number of benzene rings is 3. The molecule has 0 bridgehead atoms. The summed E-state index contributed by atoms with van der Waals surface area (Å²) in [7, 11) is 0. The van der Waals surface area contributed by atoms with Crippen molar-refractivity contribution in [3.05, 3.63) is 81.3 Å². The molecule has 0 saturated carbocycles. The van der Waals surface area contributed by atoms with Gasteiger partial charge in [0.1, 0.15) is 0 Å². The first-order chi connectivity index (χ1) is 17.3. The Kier molecular flexibility index (Phi) is 7.19. The number of carboxylic acid groups (broad SMARTS) is 1. The van der Waals surface area contributed by atoms with Crippen LogP contribution in [0.4, 0.5) is 0 Å². The Morgan fingerprint density at radius 3 is 2.31 bits per heavy atom. The van der Waals surface area contributed by atoms with Gasteiger partial charge in [0.2, 0.25) is 0 Å². The molecule has 2 atom stereocenters. The molecule has 1 amide bonds. The van der Waals surface area contributed by atoms with Crippen molar-refractivity contribution in [1.82, 2.24) is 14.7 Å². The number of likely N-dealkylation sites (tertiary alicyclic amines) is 1. The standard InChI is InChI=1S/C27H27Cl2N3O4/c28-18-6-4-17(5-7-18)14-30-10-12-31(13-11-30)23-15-32(16-24(23)33)26(34)20-8-9-22(29)19-2-1-3-21(25(19)20)27(35)36/h1-9,23-24,33H,10-16H2,(H,35,36)/t23-,24-/m0/s1. The Balaban J connectivity index is 1.28. The fourth-order valence-corrected chi connectivity index (χ4v) is 5.64. The molecule has 7 nitrogen and oxygen atoms in total. The van der Waals surface area contributed by atoms with Crippen LogP contribution < -0.4 is 0 Å². The summed E-state index contributed by atoms with van der Waals surface area (Å²) in [4.78, 5) is 31.7. The maximum Gasteiger partial charge on any atom is 0.336 e. The van der Waals surface area contributed by atoms with Crippen molar-refractivity contribution >= 4 is 45.9 Å². The third kappa shape index (κ3) is 4.94. The molecule has 0 unspecified atom stereocenters. The van der Waals surface area contributed by atoms with Crippen LogP contribution in [0.1, 0.15) is 26.3 Å². The highest BCUT2D eigenvalue weighted by molar-refractivity contribution is 6.36. The Morgan fingerprint density at radius 1 is 0.889 bits per heavy atom. The van der Waals surface area contributed by atoms with Crippen LogP contribution in [0.2, 0.25) is 10.0 Å². The Morgan fingerprint density at radius 2 is 1.61 bits per heavy atom. The molecule has 2 saturated heterocycles. The molecule has 3 aromatic rings. The van der Waals surface area contributed by atoms with E-state index in [1.54, 1.807) is 29.2 Å². The monoisotopic (exact) mass is 527 g/mol. The predicted octanol–water partition coefficient (Wildman–Crippen LogP) is 3.85. The number of carboxylic acids is 1. The topological polar surface area (TPSA) is 84.3 Å². The van der Waals surface area contributed by atoms with E-state index in [0.717, 1.165) is 37.7 Å². The van der Waals surface area contributed by atoms with Gasteiger partial charge in [-0.2, -0.15) is 0 Å². The molecule has 2 N–H and O–H groups in total. The number of β-amino-alcohol motifs (C(OH)–C–C–N with tert-alkyl or cyclic N) is 1. The van der Waals surface area contributed by atoms with Gasteiger partial charge in [0.15, 0.2) is 0 Å². The van der Waals surface area contributed by atoms with Crippen molar-refractivity contribution in [3.8, 4) is 0 Å². The number of piperazine rings is 1. The quantitative estimate of drug-likeness (QED) is 0.524. The summed E-state index contributed by atoms with van der Waals surface area (Å²) in [5.41, 5.74) is 1.53. The molecule has 2 fully saturated rings. The third-order valence-electron chi connectivity index (χ3n) is 7.19. The number of hydrogen-bond donors (Lipinski definition) is 2. The zero-order valence-electron chi connectivity index (χ0n) is 19.6. The molecule has 0 spiro atoms. The number of rotatable bonds is 5. The van der Waals surface area contributed by atoms with Gasteiger partial charge in [-0.25, -0.2) is 4.79 Å². The lowest BCUT2D eigenvalue weighted by Gasteiger charge is -2.38. The van der Waals surface area contributed by atoms with Gasteiger partial charge in [0.25, 0.3) is 5.91 Å². The van der Waals surface area contributed by atoms with Gasteiger partial charge in [-0.05, 0) is 35.9 Å². The van der Waals surface area contributed by atoms with E-state index in [0.29, 0.717) is 22.3 Å². The van der Waals surface area contributed by atoms with E-state index in [4.69, 9.17) is 23.2 Å². The van der Waals surface area contributed by atoms with E-state index in [-0.39, 0.29) is 29.6 Å². The molecule has 2 aliphatic heterocycles. The van der Waals surface area contributed by atoms with Crippen LogP contribution in [-0.2, 0) is 6.54 Å². The van der Waals surface area contributed by atoms with Gasteiger partial charge >= 0.3 is 5.97 Å². The number of aromatic carboxylic acids is 1. The number of fused-ring (bicyclic) bond motifs is 1. The first-order valence-corrected chi connectivity index (χ1v) is 12.7. The van der Waals surface area contributed by atoms with Gasteiger partial charge in [0.05, 0.1) is 17.7 Å². The number of amides is 1. The van der Waals surface area contributed by atoms with Crippen LogP contribution in [0.15, 0.2) is 54.6 Å². The Hall–Kier alpha value is -2.68. The minimum absolute atomic E-state index is 0.0338. The highest BCUT2D eigenvalue weighted by Gasteiger charge is 2.39. The van der Waals surface area contributed by atoms with Gasteiger partial charge < -0.3 is 15.1 Å². The molecule has 0 aromatic heterocycles. The molecular formula is C27H27Cl2N3O4. The highest BCUT2D eigenvalue weighted by Crippen LogP contribution is 2.31. The average molecular weight is 528 g/mol. The van der Waals surface area contributed by atoms with E-state index in [9.17, 15) is 19.8 Å². The van der Waals surface area contributed by atoms with Gasteiger partial charge in [-0.3, -0.25) is 14.6 Å². The second kappa shape index (κ2) is 10.4. The van der Waals surface area contributed by atoms with Gasteiger partial charge in [0, 0.05) is 72.2 Å². The van der Waals surface area contributed by atoms with E-state index >= 15 is 0 Å². The smallest absolute Gasteiger partial charge is 0.336 e. The summed E-state index contributed by atoms with van der Waals surface area (Å²) in [5.74, 6) is -1.42. The maximum atomic E-state index is 13.5. The Labute approximate surface area is 219 Å². The van der Waals surface area contributed by atoms with Crippen molar-refractivity contribution < 1.29 is 19.8 Å². The number of nitrogens with zero attached hydrogens (tertiary/aromatic N) is 3. The highest BCUT2D eigenvalue weighted by atomic mass is 35.5. The number of aliphatic hydroxyl groups is 1. The molecule has 36 heavy (non-hydrogen) atoms. The van der Waals surface area contributed by atoms with Crippen molar-refractivity contribution in [2.75, 3.05) is 39.3 Å². The summed E-state index contributed by atoms with van der Waals surface area (Å²) < 4.78 is 0. The molecular weight excluding hydrogens is 501 g/mol. The average Bonchev–Trinajstić information content (AvgIpc) is 3.27. The number of halogens is 2. The van der Waals surface area contributed by atoms with Crippen molar-refractivity contribution in [1.29, 1.82) is 0 Å². The van der Waals surface area contributed by atoms with Crippen LogP contribution >= 0.6 is 23.2 Å². The molecule has 2 aliphatic rings. The fourth-order valence-electron chi connectivity index (χ4n) is 5.29. The van der Waals surface area contributed by atoms with Gasteiger partial charge in [-0.15, -0.1) is 0 Å². The Bertz CT molecular complexity index is 1290. The van der Waals surface area contributed by atoms with E-state index < -0.39 is 12.1 Å². The van der Waals surface area contributed by atoms with Crippen LogP contribution in [0.25, 0.3) is 10.8 Å². The summed E-state index contributed by atoms with van der Waals surface area (Å²) in [5, 5.41) is 22.5. The lowest BCUT2D eigenvalue weighted by atomic mass is 9.98. The molecule has 3 aromatic carbocycles. The number of carbonyl (C=O) groups is 2. The first-order valence-electron chi connectivity index (χ1n) is 11.9. The lowest BCUT2D eigenvalue weighted by molar-refractivity contribution is 0.0423. The second-order valence-corrected chi connectivity index (χ2v) is 10.3. The third-order valence-corrected chi connectivity index (χ3v) is 7.77. The predicted molar refractivity (Wildman–Crippen MR) is 140 cm³/mol. The van der Waals surface area contributed by atoms with Crippen LogP contribution in [-0.4, -0.2) is 88.2 Å². The van der Waals surface area contributed by atoms with E-state index in [1.165, 1.54) is 11.6 Å². The van der Waals surface area contributed by atoms with Crippen LogP contribution in [0, 0.1) is 0 Å². The minimum Gasteiger partial charge on any atom is -0.478 e. The van der Waals surface area contributed by atoms with Crippen molar-refractivity contribution in [2.24, 2.45) is 0 Å². The molecule has 2 heterocycles. The largest absolute Gasteiger partial charge is 0.478 e. The number of carbonyl (C=O) groups excluding carboxylic acids is 1. The summed E-state index contributed by atoms with van der Waals surface area (Å²) in [6, 6.07) is 15.7. The second-order valence-electron chi connectivity index (χ2n) is 9.41. The molecule has 0 radical (unpaired) electrons. The molecule has 5 rings (SSSR count). The first kappa shape index (κ1) is 25.0.